The molecule has 0 radical (unpaired) electrons. The molecule has 5 heteroatoms. The van der Waals surface area contributed by atoms with Crippen molar-refractivity contribution in [2.24, 2.45) is 0 Å². The number of carbonyl (C=O) groups is 1. The molecule has 0 aliphatic carbocycles. The third-order valence-corrected chi connectivity index (χ3v) is 3.74. The Kier molecular flexibility index (Phi) is 3.01. The van der Waals surface area contributed by atoms with Gasteiger partial charge in [0.2, 0.25) is 5.72 Å². The van der Waals surface area contributed by atoms with E-state index in [1.54, 1.807) is 31.2 Å². The van der Waals surface area contributed by atoms with E-state index in [4.69, 9.17) is 4.74 Å². The summed E-state index contributed by atoms with van der Waals surface area (Å²) in [6, 6.07) is 11.1. The minimum absolute atomic E-state index is 0.223. The van der Waals surface area contributed by atoms with Gasteiger partial charge in [0.15, 0.2) is 0 Å². The highest BCUT2D eigenvalue weighted by Gasteiger charge is 2.37. The Balaban J connectivity index is 2.04. The van der Waals surface area contributed by atoms with Crippen LogP contribution >= 0.6 is 15.9 Å². The maximum atomic E-state index is 13.0. The average Bonchev–Trinajstić information content (AvgIpc) is 2.40. The summed E-state index contributed by atoms with van der Waals surface area (Å²) in [5.74, 6) is -0.0491. The highest BCUT2D eigenvalue weighted by atomic mass is 79.9. The van der Waals surface area contributed by atoms with Crippen molar-refractivity contribution in [3.05, 3.63) is 63.9 Å². The topological polar surface area (TPSA) is 38.3 Å². The molecule has 1 heterocycles. The van der Waals surface area contributed by atoms with Crippen LogP contribution in [0.5, 0.6) is 5.75 Å². The van der Waals surface area contributed by atoms with Gasteiger partial charge in [0.25, 0.3) is 5.91 Å². The molecule has 1 atom stereocenters. The normalized spacial score (nSPS) is 20.9. The largest absolute Gasteiger partial charge is 0.463 e. The second kappa shape index (κ2) is 4.59. The van der Waals surface area contributed by atoms with Gasteiger partial charge in [-0.05, 0) is 37.3 Å². The average molecular weight is 336 g/mol. The molecule has 102 valence electrons. The van der Waals surface area contributed by atoms with Crippen LogP contribution in [0.4, 0.5) is 4.39 Å². The highest BCUT2D eigenvalue weighted by molar-refractivity contribution is 9.10. The zero-order chi connectivity index (χ0) is 14.3. The van der Waals surface area contributed by atoms with Gasteiger partial charge >= 0.3 is 0 Å². The lowest BCUT2D eigenvalue weighted by Crippen LogP contribution is -2.51. The zero-order valence-corrected chi connectivity index (χ0v) is 12.2. The van der Waals surface area contributed by atoms with Gasteiger partial charge in [-0.3, -0.25) is 4.79 Å². The fourth-order valence-corrected chi connectivity index (χ4v) is 2.56. The van der Waals surface area contributed by atoms with Crippen molar-refractivity contribution in [1.29, 1.82) is 0 Å². The first-order valence-electron chi connectivity index (χ1n) is 6.05. The number of benzene rings is 2. The lowest BCUT2D eigenvalue weighted by molar-refractivity contribution is 0.0288. The van der Waals surface area contributed by atoms with Crippen LogP contribution in [0.2, 0.25) is 0 Å². The summed E-state index contributed by atoms with van der Waals surface area (Å²) in [7, 11) is 0. The second-order valence-electron chi connectivity index (χ2n) is 4.74. The van der Waals surface area contributed by atoms with E-state index in [0.717, 1.165) is 4.47 Å². The van der Waals surface area contributed by atoms with E-state index < -0.39 is 5.72 Å². The molecule has 0 fully saturated rings. The van der Waals surface area contributed by atoms with Gasteiger partial charge in [-0.15, -0.1) is 0 Å². The molecule has 0 bridgehead atoms. The van der Waals surface area contributed by atoms with Crippen molar-refractivity contribution < 1.29 is 13.9 Å². The van der Waals surface area contributed by atoms with Gasteiger partial charge in [-0.25, -0.2) is 4.39 Å². The number of ether oxygens (including phenoxy) is 1. The number of fused-ring (bicyclic) bond motifs is 1. The summed E-state index contributed by atoms with van der Waals surface area (Å²) in [6.45, 7) is 1.74. The van der Waals surface area contributed by atoms with Gasteiger partial charge in [-0.2, -0.15) is 0 Å². The molecule has 1 amide bonds. The van der Waals surface area contributed by atoms with Crippen molar-refractivity contribution in [3.8, 4) is 5.75 Å². The fourth-order valence-electron chi connectivity index (χ4n) is 2.20. The van der Waals surface area contributed by atoms with Crippen LogP contribution in [0.1, 0.15) is 22.8 Å². The Hall–Kier alpha value is -1.88. The first-order valence-corrected chi connectivity index (χ1v) is 6.84. The second-order valence-corrected chi connectivity index (χ2v) is 5.65. The molecule has 1 N–H and O–H groups in total. The number of halogens is 2. The van der Waals surface area contributed by atoms with Crippen molar-refractivity contribution in [2.75, 3.05) is 0 Å². The van der Waals surface area contributed by atoms with E-state index in [0.29, 0.717) is 16.9 Å². The molecule has 0 saturated heterocycles. The highest BCUT2D eigenvalue weighted by Crippen LogP contribution is 2.34. The molecule has 1 unspecified atom stereocenters. The van der Waals surface area contributed by atoms with Crippen LogP contribution in [-0.4, -0.2) is 5.91 Å². The lowest BCUT2D eigenvalue weighted by atomic mass is 10.0. The molecule has 20 heavy (non-hydrogen) atoms. The van der Waals surface area contributed by atoms with Crippen LogP contribution in [0.15, 0.2) is 46.9 Å². The Morgan fingerprint density at radius 2 is 1.90 bits per heavy atom. The van der Waals surface area contributed by atoms with E-state index in [9.17, 15) is 9.18 Å². The molecule has 0 aromatic heterocycles. The van der Waals surface area contributed by atoms with E-state index >= 15 is 0 Å². The van der Waals surface area contributed by atoms with Crippen LogP contribution in [-0.2, 0) is 5.72 Å². The molecule has 0 saturated carbocycles. The SMILES string of the molecule is CC1(c2ccc(F)cc2)NC(=O)c2cc(Br)ccc2O1. The quantitative estimate of drug-likeness (QED) is 0.864. The summed E-state index contributed by atoms with van der Waals surface area (Å²) in [5, 5.41) is 2.81. The van der Waals surface area contributed by atoms with Crippen molar-refractivity contribution in [2.45, 2.75) is 12.6 Å². The van der Waals surface area contributed by atoms with E-state index in [1.807, 2.05) is 6.07 Å². The van der Waals surface area contributed by atoms with E-state index in [2.05, 4.69) is 21.2 Å². The summed E-state index contributed by atoms with van der Waals surface area (Å²) in [6.07, 6.45) is 0. The zero-order valence-electron chi connectivity index (χ0n) is 10.6. The maximum absolute atomic E-state index is 13.0. The summed E-state index contributed by atoms with van der Waals surface area (Å²) in [4.78, 5) is 12.2. The third kappa shape index (κ3) is 2.18. The molecule has 2 aromatic rings. The Morgan fingerprint density at radius 3 is 2.60 bits per heavy atom. The minimum Gasteiger partial charge on any atom is -0.463 e. The van der Waals surface area contributed by atoms with Crippen molar-refractivity contribution in [1.82, 2.24) is 5.32 Å². The first kappa shape index (κ1) is 13.1. The molecule has 1 aliphatic rings. The van der Waals surface area contributed by atoms with Crippen molar-refractivity contribution in [3.63, 3.8) is 0 Å². The Morgan fingerprint density at radius 1 is 1.20 bits per heavy atom. The number of carbonyl (C=O) groups excluding carboxylic acids is 1. The monoisotopic (exact) mass is 335 g/mol. The van der Waals surface area contributed by atoms with Crippen LogP contribution in [0.3, 0.4) is 0 Å². The number of nitrogens with one attached hydrogen (secondary N) is 1. The fraction of sp³-hybridized carbons (Fsp3) is 0.133. The Bertz CT molecular complexity index is 687. The lowest BCUT2D eigenvalue weighted by Gasteiger charge is -2.36. The van der Waals surface area contributed by atoms with Gasteiger partial charge in [0, 0.05) is 10.0 Å². The maximum Gasteiger partial charge on any atom is 0.258 e. The van der Waals surface area contributed by atoms with Gasteiger partial charge in [-0.1, -0.05) is 28.1 Å². The van der Waals surface area contributed by atoms with Gasteiger partial charge in [0.1, 0.15) is 11.6 Å². The molecule has 0 spiro atoms. The molecular formula is C15H11BrFNO2. The summed E-state index contributed by atoms with van der Waals surface area (Å²) < 4.78 is 19.7. The predicted octanol–water partition coefficient (Wildman–Crippen LogP) is 3.58. The smallest absolute Gasteiger partial charge is 0.258 e. The molecule has 3 rings (SSSR count). The molecule has 2 aromatic carbocycles. The van der Waals surface area contributed by atoms with Gasteiger partial charge < -0.3 is 10.1 Å². The third-order valence-electron chi connectivity index (χ3n) is 3.25. The van der Waals surface area contributed by atoms with E-state index in [1.165, 1.54) is 12.1 Å². The van der Waals surface area contributed by atoms with E-state index in [-0.39, 0.29) is 11.7 Å². The summed E-state index contributed by atoms with van der Waals surface area (Å²) >= 11 is 3.32. The van der Waals surface area contributed by atoms with Gasteiger partial charge in [0.05, 0.1) is 5.56 Å². The minimum atomic E-state index is -1.01. The molecule has 3 nitrogen and oxygen atoms in total. The first-order chi connectivity index (χ1) is 9.48. The molecule has 1 aliphatic heterocycles. The van der Waals surface area contributed by atoms with Crippen LogP contribution < -0.4 is 10.1 Å². The van der Waals surface area contributed by atoms with Crippen molar-refractivity contribution >= 4 is 21.8 Å². The Labute approximate surface area is 123 Å². The number of amides is 1. The van der Waals surface area contributed by atoms with Crippen LogP contribution in [0, 0.1) is 5.82 Å². The van der Waals surface area contributed by atoms with Crippen LogP contribution in [0.25, 0.3) is 0 Å². The number of rotatable bonds is 1. The standard InChI is InChI=1S/C15H11BrFNO2/c1-15(9-2-5-11(17)6-3-9)18-14(19)12-8-10(16)4-7-13(12)20-15/h2-8H,1H3,(H,18,19). The molecular weight excluding hydrogens is 325 g/mol. The predicted molar refractivity (Wildman–Crippen MR) is 76.0 cm³/mol. The number of hydrogen-bond acceptors (Lipinski definition) is 2. The summed E-state index contributed by atoms with van der Waals surface area (Å²) in [5.41, 5.74) is 0.144. The number of hydrogen-bond donors (Lipinski definition) is 1.